The van der Waals surface area contributed by atoms with Crippen LogP contribution in [0.2, 0.25) is 0 Å². The van der Waals surface area contributed by atoms with Crippen LogP contribution in [0.4, 0.5) is 0 Å². The quantitative estimate of drug-likeness (QED) is 0.875. The van der Waals surface area contributed by atoms with Crippen LogP contribution < -0.4 is 0 Å². The first-order valence-corrected chi connectivity index (χ1v) is 6.58. The molecule has 102 valence electrons. The van der Waals surface area contributed by atoms with Crippen molar-refractivity contribution in [2.75, 3.05) is 13.2 Å². The van der Waals surface area contributed by atoms with Crippen molar-refractivity contribution >= 4 is 0 Å². The number of aliphatic hydroxyl groups is 1. The summed E-state index contributed by atoms with van der Waals surface area (Å²) in [5.74, 6) is -0.158. The Labute approximate surface area is 119 Å². The maximum absolute atomic E-state index is 9.39. The summed E-state index contributed by atoms with van der Waals surface area (Å²) in [6.07, 6.45) is -0.619. The first-order valence-electron chi connectivity index (χ1n) is 6.58. The number of aliphatic hydroxyl groups excluding tert-OH is 1. The lowest BCUT2D eigenvalue weighted by Gasteiger charge is -2.23. The molecule has 0 aliphatic heterocycles. The fraction of sp³-hybridized carbons (Fsp3) is 0.235. The SMILES string of the molecule is N#CC(OCCO)C(c1ccccc1)c1ccccc1. The van der Waals surface area contributed by atoms with Crippen molar-refractivity contribution in [3.63, 3.8) is 0 Å². The smallest absolute Gasteiger partial charge is 0.154 e. The predicted octanol–water partition coefficient (Wildman–Crippen LogP) is 2.72. The van der Waals surface area contributed by atoms with E-state index in [1.807, 2.05) is 60.7 Å². The van der Waals surface area contributed by atoms with Gasteiger partial charge in [-0.05, 0) is 11.1 Å². The predicted molar refractivity (Wildman–Crippen MR) is 77.2 cm³/mol. The molecule has 2 aromatic rings. The van der Waals surface area contributed by atoms with Crippen LogP contribution >= 0.6 is 0 Å². The van der Waals surface area contributed by atoms with Crippen LogP contribution in [0.1, 0.15) is 17.0 Å². The van der Waals surface area contributed by atoms with Crippen molar-refractivity contribution < 1.29 is 9.84 Å². The van der Waals surface area contributed by atoms with Gasteiger partial charge in [-0.3, -0.25) is 0 Å². The van der Waals surface area contributed by atoms with Gasteiger partial charge in [-0.1, -0.05) is 60.7 Å². The van der Waals surface area contributed by atoms with E-state index in [4.69, 9.17) is 9.84 Å². The molecular formula is C17H17NO2. The lowest BCUT2D eigenvalue weighted by atomic mass is 9.87. The van der Waals surface area contributed by atoms with Gasteiger partial charge in [0.2, 0.25) is 0 Å². The Morgan fingerprint density at radius 1 is 0.950 bits per heavy atom. The molecule has 1 atom stereocenters. The molecule has 20 heavy (non-hydrogen) atoms. The third kappa shape index (κ3) is 3.45. The summed E-state index contributed by atoms with van der Waals surface area (Å²) in [5, 5.41) is 18.3. The summed E-state index contributed by atoms with van der Waals surface area (Å²) in [6.45, 7) is 0.0723. The number of ether oxygens (including phenoxy) is 1. The molecule has 0 bridgehead atoms. The Kier molecular flexibility index (Phi) is 5.31. The molecule has 3 nitrogen and oxygen atoms in total. The highest BCUT2D eigenvalue weighted by atomic mass is 16.5. The van der Waals surface area contributed by atoms with E-state index >= 15 is 0 Å². The number of hydrogen-bond acceptors (Lipinski definition) is 3. The number of nitriles is 1. The molecule has 0 aliphatic rings. The first kappa shape index (κ1) is 14.3. The maximum atomic E-state index is 9.39. The van der Waals surface area contributed by atoms with Gasteiger partial charge in [0.25, 0.3) is 0 Å². The monoisotopic (exact) mass is 267 g/mol. The van der Waals surface area contributed by atoms with E-state index in [0.717, 1.165) is 11.1 Å². The molecule has 2 aromatic carbocycles. The average Bonchev–Trinajstić information content (AvgIpc) is 2.53. The second-order valence-electron chi connectivity index (χ2n) is 4.44. The number of benzene rings is 2. The molecule has 0 heterocycles. The fourth-order valence-corrected chi connectivity index (χ4v) is 2.25. The maximum Gasteiger partial charge on any atom is 0.154 e. The van der Waals surface area contributed by atoms with Gasteiger partial charge < -0.3 is 9.84 Å². The molecule has 0 aromatic heterocycles. The highest BCUT2D eigenvalue weighted by molar-refractivity contribution is 5.35. The summed E-state index contributed by atoms with van der Waals surface area (Å²) in [4.78, 5) is 0. The Bertz CT molecular complexity index is 509. The minimum atomic E-state index is -0.619. The van der Waals surface area contributed by atoms with Gasteiger partial charge in [-0.25, -0.2) is 0 Å². The van der Waals surface area contributed by atoms with Gasteiger partial charge >= 0.3 is 0 Å². The van der Waals surface area contributed by atoms with Crippen molar-refractivity contribution in [3.05, 3.63) is 71.8 Å². The van der Waals surface area contributed by atoms with E-state index in [1.54, 1.807) is 0 Å². The second kappa shape index (κ2) is 7.44. The first-order chi connectivity index (χ1) is 9.86. The van der Waals surface area contributed by atoms with Crippen LogP contribution in [0.5, 0.6) is 0 Å². The van der Waals surface area contributed by atoms with Gasteiger partial charge in [0.1, 0.15) is 0 Å². The largest absolute Gasteiger partial charge is 0.394 e. The van der Waals surface area contributed by atoms with E-state index in [9.17, 15) is 5.26 Å². The summed E-state index contributed by atoms with van der Waals surface area (Å²) in [5.41, 5.74) is 2.06. The summed E-state index contributed by atoms with van der Waals surface area (Å²) >= 11 is 0. The van der Waals surface area contributed by atoms with Crippen molar-refractivity contribution in [3.8, 4) is 6.07 Å². The third-order valence-corrected chi connectivity index (χ3v) is 3.14. The molecule has 1 N–H and O–H groups in total. The van der Waals surface area contributed by atoms with E-state index in [-0.39, 0.29) is 19.1 Å². The van der Waals surface area contributed by atoms with E-state index in [2.05, 4.69) is 6.07 Å². The lowest BCUT2D eigenvalue weighted by Crippen LogP contribution is -2.23. The zero-order valence-electron chi connectivity index (χ0n) is 11.1. The summed E-state index contributed by atoms with van der Waals surface area (Å²) in [7, 11) is 0. The Balaban J connectivity index is 2.37. The van der Waals surface area contributed by atoms with E-state index < -0.39 is 6.10 Å². The minimum absolute atomic E-state index is 0.0888. The summed E-state index contributed by atoms with van der Waals surface area (Å²) in [6, 6.07) is 21.9. The molecule has 0 radical (unpaired) electrons. The van der Waals surface area contributed by atoms with Crippen LogP contribution in [0, 0.1) is 11.3 Å². The molecule has 1 unspecified atom stereocenters. The normalized spacial score (nSPS) is 12.1. The molecule has 0 amide bonds. The van der Waals surface area contributed by atoms with Crippen LogP contribution in [0.15, 0.2) is 60.7 Å². The molecule has 0 aliphatic carbocycles. The molecule has 0 saturated carbocycles. The average molecular weight is 267 g/mol. The van der Waals surface area contributed by atoms with Crippen LogP contribution in [0.3, 0.4) is 0 Å². The molecule has 0 saturated heterocycles. The van der Waals surface area contributed by atoms with Crippen molar-refractivity contribution in [1.29, 1.82) is 5.26 Å². The van der Waals surface area contributed by atoms with Crippen LogP contribution in [-0.2, 0) is 4.74 Å². The van der Waals surface area contributed by atoms with Gasteiger partial charge in [-0.15, -0.1) is 0 Å². The zero-order chi connectivity index (χ0) is 14.2. The van der Waals surface area contributed by atoms with Gasteiger partial charge in [-0.2, -0.15) is 5.26 Å². The van der Waals surface area contributed by atoms with Crippen LogP contribution in [0.25, 0.3) is 0 Å². The standard InChI is InChI=1S/C17H17NO2/c18-13-16(20-12-11-19)17(14-7-3-1-4-8-14)15-9-5-2-6-10-15/h1-10,16-17,19H,11-12H2. The molecule has 0 spiro atoms. The highest BCUT2D eigenvalue weighted by Gasteiger charge is 2.25. The van der Waals surface area contributed by atoms with Gasteiger partial charge in [0, 0.05) is 5.92 Å². The van der Waals surface area contributed by atoms with Crippen molar-refractivity contribution in [1.82, 2.24) is 0 Å². The highest BCUT2D eigenvalue weighted by Crippen LogP contribution is 2.29. The molecule has 3 heteroatoms. The molecule has 0 fully saturated rings. The van der Waals surface area contributed by atoms with E-state index in [1.165, 1.54) is 0 Å². The summed E-state index contributed by atoms with van der Waals surface area (Å²) < 4.78 is 5.50. The Morgan fingerprint density at radius 3 is 1.85 bits per heavy atom. The molecule has 2 rings (SSSR count). The second-order valence-corrected chi connectivity index (χ2v) is 4.44. The Hall–Kier alpha value is -2.15. The topological polar surface area (TPSA) is 53.2 Å². The fourth-order valence-electron chi connectivity index (χ4n) is 2.25. The van der Waals surface area contributed by atoms with Crippen molar-refractivity contribution in [2.24, 2.45) is 0 Å². The molecular weight excluding hydrogens is 250 g/mol. The minimum Gasteiger partial charge on any atom is -0.394 e. The number of hydrogen-bond donors (Lipinski definition) is 1. The van der Waals surface area contributed by atoms with Crippen LogP contribution in [-0.4, -0.2) is 24.4 Å². The van der Waals surface area contributed by atoms with Gasteiger partial charge in [0.05, 0.1) is 19.3 Å². The lowest BCUT2D eigenvalue weighted by molar-refractivity contribution is 0.0503. The number of rotatable bonds is 6. The zero-order valence-corrected chi connectivity index (χ0v) is 11.1. The van der Waals surface area contributed by atoms with E-state index in [0.29, 0.717) is 0 Å². The van der Waals surface area contributed by atoms with Crippen molar-refractivity contribution in [2.45, 2.75) is 12.0 Å². The Morgan fingerprint density at radius 2 is 1.45 bits per heavy atom. The third-order valence-electron chi connectivity index (χ3n) is 3.14. The van der Waals surface area contributed by atoms with Gasteiger partial charge in [0.15, 0.2) is 6.10 Å². The number of nitrogens with zero attached hydrogens (tertiary/aromatic N) is 1.